The van der Waals surface area contributed by atoms with Crippen LogP contribution >= 0.6 is 23.4 Å². The number of aryl methyl sites for hydroxylation is 2. The lowest BCUT2D eigenvalue weighted by molar-refractivity contribution is -0.113. The van der Waals surface area contributed by atoms with E-state index in [1.54, 1.807) is 24.3 Å². The summed E-state index contributed by atoms with van der Waals surface area (Å²) in [6.45, 7) is 9.93. The summed E-state index contributed by atoms with van der Waals surface area (Å²) >= 11 is 7.38. The van der Waals surface area contributed by atoms with E-state index in [1.165, 1.54) is 11.8 Å². The van der Waals surface area contributed by atoms with Crippen molar-refractivity contribution in [2.24, 2.45) is 0 Å². The zero-order valence-corrected chi connectivity index (χ0v) is 20.3. The van der Waals surface area contributed by atoms with Gasteiger partial charge in [0.25, 0.3) is 5.91 Å². The summed E-state index contributed by atoms with van der Waals surface area (Å²) < 4.78 is 1.84. The van der Waals surface area contributed by atoms with Gasteiger partial charge in [-0.3, -0.25) is 9.59 Å². The highest BCUT2D eigenvalue weighted by molar-refractivity contribution is 7.99. The maximum atomic E-state index is 12.6. The topological polar surface area (TPSA) is 88.9 Å². The molecule has 2 amide bonds. The fourth-order valence-corrected chi connectivity index (χ4v) is 4.09. The van der Waals surface area contributed by atoms with Crippen molar-refractivity contribution in [1.82, 2.24) is 20.1 Å². The third kappa shape index (κ3) is 6.46. The molecular formula is C24H26ClN5O2S. The van der Waals surface area contributed by atoms with Crippen molar-refractivity contribution in [1.29, 1.82) is 0 Å². The monoisotopic (exact) mass is 483 g/mol. The van der Waals surface area contributed by atoms with Crippen LogP contribution in [0.4, 0.5) is 5.69 Å². The standard InChI is InChI=1S/C24H26ClN5O2S/c1-5-11-30-22(17(4)26-23(32)18-8-6-7-15(2)12-18)28-29-24(30)33-14-21(31)27-19-10-9-16(3)20(25)13-19/h5-10,12-13,17H,1,11,14H2,2-4H3,(H,26,32)(H,27,31)/t17-/m1/s1. The predicted octanol–water partition coefficient (Wildman–Crippen LogP) is 4.96. The Labute approximate surface area is 202 Å². The van der Waals surface area contributed by atoms with E-state index < -0.39 is 0 Å². The summed E-state index contributed by atoms with van der Waals surface area (Å²) in [5.41, 5.74) is 3.17. The second-order valence-electron chi connectivity index (χ2n) is 7.61. The van der Waals surface area contributed by atoms with Crippen LogP contribution in [0.15, 0.2) is 60.3 Å². The lowest BCUT2D eigenvalue weighted by Gasteiger charge is -2.15. The van der Waals surface area contributed by atoms with Crippen LogP contribution in [0, 0.1) is 13.8 Å². The molecule has 172 valence electrons. The van der Waals surface area contributed by atoms with Crippen LogP contribution in [0.3, 0.4) is 0 Å². The second-order valence-corrected chi connectivity index (χ2v) is 8.96. The molecule has 0 unspecified atom stereocenters. The number of anilines is 1. The number of nitrogens with zero attached hydrogens (tertiary/aromatic N) is 3. The molecule has 0 saturated carbocycles. The number of thioether (sulfide) groups is 1. The molecule has 3 aromatic rings. The number of amides is 2. The third-order valence-electron chi connectivity index (χ3n) is 4.86. The first-order valence-corrected chi connectivity index (χ1v) is 11.7. The molecule has 0 fully saturated rings. The van der Waals surface area contributed by atoms with Gasteiger partial charge in [-0.1, -0.05) is 53.2 Å². The largest absolute Gasteiger partial charge is 0.342 e. The second kappa shape index (κ2) is 11.2. The van der Waals surface area contributed by atoms with E-state index in [4.69, 9.17) is 11.6 Å². The van der Waals surface area contributed by atoms with Crippen LogP contribution < -0.4 is 10.6 Å². The Kier molecular flexibility index (Phi) is 8.30. The van der Waals surface area contributed by atoms with Crippen molar-refractivity contribution in [3.8, 4) is 0 Å². The van der Waals surface area contributed by atoms with E-state index in [0.717, 1.165) is 11.1 Å². The molecule has 0 aliphatic rings. The number of hydrogen-bond acceptors (Lipinski definition) is 5. The van der Waals surface area contributed by atoms with E-state index >= 15 is 0 Å². The van der Waals surface area contributed by atoms with Gasteiger partial charge in [0.2, 0.25) is 5.91 Å². The van der Waals surface area contributed by atoms with Gasteiger partial charge in [0, 0.05) is 22.8 Å². The van der Waals surface area contributed by atoms with Gasteiger partial charge in [-0.2, -0.15) is 0 Å². The van der Waals surface area contributed by atoms with Crippen LogP contribution in [0.1, 0.15) is 40.3 Å². The summed E-state index contributed by atoms with van der Waals surface area (Å²) in [7, 11) is 0. The zero-order valence-electron chi connectivity index (χ0n) is 18.8. The number of allylic oxidation sites excluding steroid dienone is 1. The summed E-state index contributed by atoms with van der Waals surface area (Å²) in [6, 6.07) is 12.4. The normalized spacial score (nSPS) is 11.6. The first-order chi connectivity index (χ1) is 15.8. The Morgan fingerprint density at radius 1 is 1.21 bits per heavy atom. The Bertz CT molecular complexity index is 1180. The lowest BCUT2D eigenvalue weighted by atomic mass is 10.1. The molecule has 1 atom stereocenters. The average Bonchev–Trinajstić information content (AvgIpc) is 3.18. The minimum Gasteiger partial charge on any atom is -0.342 e. The predicted molar refractivity (Wildman–Crippen MR) is 133 cm³/mol. The maximum absolute atomic E-state index is 12.6. The Morgan fingerprint density at radius 2 is 2.00 bits per heavy atom. The number of aromatic nitrogens is 3. The minimum atomic E-state index is -0.386. The quantitative estimate of drug-likeness (QED) is 0.332. The molecule has 0 spiro atoms. The van der Waals surface area contributed by atoms with Crippen molar-refractivity contribution in [3.63, 3.8) is 0 Å². The number of nitrogens with one attached hydrogen (secondary N) is 2. The first-order valence-electron chi connectivity index (χ1n) is 10.4. The lowest BCUT2D eigenvalue weighted by Crippen LogP contribution is -2.28. The van der Waals surface area contributed by atoms with E-state index in [-0.39, 0.29) is 23.6 Å². The molecule has 33 heavy (non-hydrogen) atoms. The highest BCUT2D eigenvalue weighted by atomic mass is 35.5. The zero-order chi connectivity index (χ0) is 24.0. The van der Waals surface area contributed by atoms with E-state index in [2.05, 4.69) is 27.4 Å². The number of carbonyl (C=O) groups is 2. The summed E-state index contributed by atoms with van der Waals surface area (Å²) in [5.74, 6) is 0.356. The molecule has 3 rings (SSSR count). The molecule has 0 aliphatic carbocycles. The Morgan fingerprint density at radius 3 is 2.70 bits per heavy atom. The molecule has 0 aliphatic heterocycles. The van der Waals surface area contributed by atoms with E-state index in [9.17, 15) is 9.59 Å². The van der Waals surface area contributed by atoms with Gasteiger partial charge < -0.3 is 15.2 Å². The molecule has 2 aromatic carbocycles. The molecular weight excluding hydrogens is 458 g/mol. The maximum Gasteiger partial charge on any atom is 0.251 e. The molecule has 2 N–H and O–H groups in total. The molecule has 7 nitrogen and oxygen atoms in total. The van der Waals surface area contributed by atoms with Crippen molar-refractivity contribution in [2.45, 2.75) is 38.5 Å². The van der Waals surface area contributed by atoms with Crippen molar-refractivity contribution < 1.29 is 9.59 Å². The summed E-state index contributed by atoms with van der Waals surface area (Å²) in [6.07, 6.45) is 1.72. The van der Waals surface area contributed by atoms with Crippen molar-refractivity contribution >= 4 is 40.9 Å². The van der Waals surface area contributed by atoms with Crippen molar-refractivity contribution in [3.05, 3.63) is 82.7 Å². The first kappa shape index (κ1) is 24.5. The van der Waals surface area contributed by atoms with Crippen LogP contribution in [0.5, 0.6) is 0 Å². The SMILES string of the molecule is C=CCn1c(SCC(=O)Nc2ccc(C)c(Cl)c2)nnc1[C@@H](C)NC(=O)c1cccc(C)c1. The fourth-order valence-electron chi connectivity index (χ4n) is 3.16. The highest BCUT2D eigenvalue weighted by Gasteiger charge is 2.20. The Hall–Kier alpha value is -3.10. The molecule has 1 heterocycles. The van der Waals surface area contributed by atoms with E-state index in [0.29, 0.717) is 33.8 Å². The summed E-state index contributed by atoms with van der Waals surface area (Å²) in [4.78, 5) is 25.0. The van der Waals surface area contributed by atoms with Crippen LogP contribution in [0.25, 0.3) is 0 Å². The number of rotatable bonds is 9. The molecule has 0 bridgehead atoms. The fraction of sp³-hybridized carbons (Fsp3) is 0.250. The minimum absolute atomic E-state index is 0.144. The van der Waals surface area contributed by atoms with Gasteiger partial charge in [-0.25, -0.2) is 0 Å². The molecule has 0 radical (unpaired) electrons. The van der Waals surface area contributed by atoms with Crippen LogP contribution in [-0.4, -0.2) is 32.3 Å². The Balaban J connectivity index is 1.66. The van der Waals surface area contributed by atoms with E-state index in [1.807, 2.05) is 49.6 Å². The van der Waals surface area contributed by atoms with Gasteiger partial charge in [0.05, 0.1) is 11.8 Å². The van der Waals surface area contributed by atoms with Gasteiger partial charge in [0.1, 0.15) is 0 Å². The molecule has 1 aromatic heterocycles. The molecule has 0 saturated heterocycles. The number of halogens is 1. The number of carbonyl (C=O) groups excluding carboxylic acids is 2. The van der Waals surface area contributed by atoms with Crippen LogP contribution in [0.2, 0.25) is 5.02 Å². The van der Waals surface area contributed by atoms with Gasteiger partial charge in [0.15, 0.2) is 11.0 Å². The average molecular weight is 484 g/mol. The van der Waals surface area contributed by atoms with Crippen molar-refractivity contribution in [2.75, 3.05) is 11.1 Å². The van der Waals surface area contributed by atoms with Gasteiger partial charge in [-0.05, 0) is 50.6 Å². The molecule has 9 heteroatoms. The third-order valence-corrected chi connectivity index (χ3v) is 6.23. The number of hydrogen-bond donors (Lipinski definition) is 2. The number of benzene rings is 2. The van der Waals surface area contributed by atoms with Crippen LogP contribution in [-0.2, 0) is 11.3 Å². The highest BCUT2D eigenvalue weighted by Crippen LogP contribution is 2.23. The smallest absolute Gasteiger partial charge is 0.251 e. The summed E-state index contributed by atoms with van der Waals surface area (Å²) in [5, 5.41) is 15.4. The van der Waals surface area contributed by atoms with Gasteiger partial charge in [-0.15, -0.1) is 16.8 Å². The van der Waals surface area contributed by atoms with Gasteiger partial charge >= 0.3 is 0 Å².